The fraction of sp³-hybridized carbons (Fsp3) is 0.310. The number of nitrogens with one attached hydrogen (secondary N) is 1. The molecule has 7 nitrogen and oxygen atoms in total. The molecule has 0 radical (unpaired) electrons. The van der Waals surface area contributed by atoms with E-state index in [4.69, 9.17) is 23.2 Å². The monoisotopic (exact) mass is 589 g/mol. The van der Waals surface area contributed by atoms with Gasteiger partial charge in [-0.2, -0.15) is 0 Å². The molecule has 0 saturated carbocycles. The maximum atomic E-state index is 14.0. The Balaban J connectivity index is 2.07. The molecule has 10 heteroatoms. The van der Waals surface area contributed by atoms with Crippen molar-refractivity contribution in [3.05, 3.63) is 99.5 Å². The molecule has 0 bridgehead atoms. The van der Waals surface area contributed by atoms with Gasteiger partial charge in [0.2, 0.25) is 21.8 Å². The molecule has 3 aromatic rings. The van der Waals surface area contributed by atoms with Crippen LogP contribution in [0.15, 0.2) is 72.8 Å². The number of nitrogens with zero attached hydrogens (tertiary/aromatic N) is 2. The number of sulfonamides is 1. The number of hydrogen-bond acceptors (Lipinski definition) is 4. The predicted octanol–water partition coefficient (Wildman–Crippen LogP) is 5.23. The van der Waals surface area contributed by atoms with Crippen LogP contribution in [0.3, 0.4) is 0 Å². The van der Waals surface area contributed by atoms with Crippen LogP contribution >= 0.6 is 23.2 Å². The number of carbonyl (C=O) groups excluding carboxylic acids is 2. The van der Waals surface area contributed by atoms with Crippen LogP contribution in [0, 0.1) is 6.92 Å². The Labute approximate surface area is 240 Å². The molecule has 39 heavy (non-hydrogen) atoms. The third-order valence-electron chi connectivity index (χ3n) is 6.23. The van der Waals surface area contributed by atoms with Gasteiger partial charge in [0.15, 0.2) is 0 Å². The molecule has 0 spiro atoms. The average molecular weight is 591 g/mol. The summed E-state index contributed by atoms with van der Waals surface area (Å²) in [5, 5.41) is 3.80. The van der Waals surface area contributed by atoms with Crippen LogP contribution < -0.4 is 9.62 Å². The summed E-state index contributed by atoms with van der Waals surface area (Å²) in [5.74, 6) is -0.864. The molecule has 208 valence electrons. The fourth-order valence-corrected chi connectivity index (χ4v) is 5.55. The zero-order valence-corrected chi connectivity index (χ0v) is 24.6. The SMILES string of the molecule is CCCNC(=O)[C@H](Cc1ccccc1)N(Cc1ccccc1Cl)C(=O)CN(c1ccc(Cl)cc1C)S(C)(=O)=O. The molecule has 3 aromatic carbocycles. The Kier molecular flexibility index (Phi) is 10.8. The highest BCUT2D eigenvalue weighted by molar-refractivity contribution is 7.92. The molecule has 0 unspecified atom stereocenters. The molecule has 0 fully saturated rings. The van der Waals surface area contributed by atoms with Gasteiger partial charge in [0.1, 0.15) is 12.6 Å². The highest BCUT2D eigenvalue weighted by atomic mass is 35.5. The van der Waals surface area contributed by atoms with Crippen molar-refractivity contribution in [3.63, 3.8) is 0 Å². The van der Waals surface area contributed by atoms with Crippen LogP contribution in [0.1, 0.15) is 30.0 Å². The Morgan fingerprint density at radius 1 is 0.974 bits per heavy atom. The van der Waals surface area contributed by atoms with Gasteiger partial charge in [-0.15, -0.1) is 0 Å². The van der Waals surface area contributed by atoms with E-state index in [9.17, 15) is 18.0 Å². The minimum atomic E-state index is -3.87. The summed E-state index contributed by atoms with van der Waals surface area (Å²) < 4.78 is 26.8. The molecule has 2 amide bonds. The van der Waals surface area contributed by atoms with Crippen LogP contribution in [0.25, 0.3) is 0 Å². The van der Waals surface area contributed by atoms with Crippen molar-refractivity contribution in [3.8, 4) is 0 Å². The van der Waals surface area contributed by atoms with Crippen molar-refractivity contribution in [2.75, 3.05) is 23.7 Å². The zero-order chi connectivity index (χ0) is 28.6. The van der Waals surface area contributed by atoms with Crippen molar-refractivity contribution >= 4 is 50.7 Å². The summed E-state index contributed by atoms with van der Waals surface area (Å²) in [5.41, 5.74) is 2.44. The first-order valence-electron chi connectivity index (χ1n) is 12.6. The van der Waals surface area contributed by atoms with Gasteiger partial charge in [-0.3, -0.25) is 13.9 Å². The van der Waals surface area contributed by atoms with Crippen molar-refractivity contribution in [2.45, 2.75) is 39.3 Å². The predicted molar refractivity (Wildman–Crippen MR) is 158 cm³/mol. The molecule has 0 aliphatic carbocycles. The summed E-state index contributed by atoms with van der Waals surface area (Å²) in [6.07, 6.45) is 2.01. The first-order chi connectivity index (χ1) is 18.5. The molecule has 3 rings (SSSR count). The van der Waals surface area contributed by atoms with Crippen molar-refractivity contribution in [1.29, 1.82) is 0 Å². The average Bonchev–Trinajstić information content (AvgIpc) is 2.89. The Hall–Kier alpha value is -3.07. The maximum absolute atomic E-state index is 14.0. The quantitative estimate of drug-likeness (QED) is 0.313. The standard InChI is InChI=1S/C29H33Cl2N3O4S/c1-4-16-32-29(36)27(18-22-10-6-5-7-11-22)33(19-23-12-8-9-13-25(23)31)28(35)20-34(39(3,37)38)26-15-14-24(30)17-21(26)2/h5-15,17,27H,4,16,18-20H2,1-3H3,(H,32,36)/t27-/m0/s1. The number of hydrogen-bond donors (Lipinski definition) is 1. The minimum Gasteiger partial charge on any atom is -0.354 e. The largest absolute Gasteiger partial charge is 0.354 e. The fourth-order valence-electron chi connectivity index (χ4n) is 4.22. The van der Waals surface area contributed by atoms with E-state index >= 15 is 0 Å². The lowest BCUT2D eigenvalue weighted by Gasteiger charge is -2.34. The van der Waals surface area contributed by atoms with Gasteiger partial charge in [-0.25, -0.2) is 8.42 Å². The smallest absolute Gasteiger partial charge is 0.244 e. The number of anilines is 1. The van der Waals surface area contributed by atoms with Crippen LogP contribution in [-0.2, 0) is 32.6 Å². The topological polar surface area (TPSA) is 86.8 Å². The summed E-state index contributed by atoms with van der Waals surface area (Å²) in [6, 6.07) is 20.3. The van der Waals surface area contributed by atoms with Gasteiger partial charge < -0.3 is 10.2 Å². The van der Waals surface area contributed by atoms with Crippen LogP contribution in [0.4, 0.5) is 5.69 Å². The summed E-state index contributed by atoms with van der Waals surface area (Å²) in [4.78, 5) is 29.0. The lowest BCUT2D eigenvalue weighted by molar-refractivity contribution is -0.140. The number of benzene rings is 3. The lowest BCUT2D eigenvalue weighted by atomic mass is 10.0. The van der Waals surface area contributed by atoms with Crippen molar-refractivity contribution in [2.24, 2.45) is 0 Å². The minimum absolute atomic E-state index is 0.0206. The maximum Gasteiger partial charge on any atom is 0.244 e. The molecule has 1 N–H and O–H groups in total. The first-order valence-corrected chi connectivity index (χ1v) is 15.2. The second-order valence-electron chi connectivity index (χ2n) is 9.31. The van der Waals surface area contributed by atoms with E-state index in [0.717, 1.165) is 22.5 Å². The third kappa shape index (κ3) is 8.46. The lowest BCUT2D eigenvalue weighted by Crippen LogP contribution is -2.53. The Bertz CT molecular complexity index is 1400. The van der Waals surface area contributed by atoms with Crippen molar-refractivity contribution in [1.82, 2.24) is 10.2 Å². The molecule has 0 saturated heterocycles. The van der Waals surface area contributed by atoms with Gasteiger partial charge in [0.25, 0.3) is 0 Å². The van der Waals surface area contributed by atoms with E-state index in [1.54, 1.807) is 49.4 Å². The number of rotatable bonds is 12. The van der Waals surface area contributed by atoms with E-state index in [-0.39, 0.29) is 18.9 Å². The van der Waals surface area contributed by atoms with Crippen LogP contribution in [0.5, 0.6) is 0 Å². The van der Waals surface area contributed by atoms with Gasteiger partial charge >= 0.3 is 0 Å². The first kappa shape index (κ1) is 30.5. The van der Waals surface area contributed by atoms with E-state index in [0.29, 0.717) is 33.4 Å². The molecule has 0 aromatic heterocycles. The van der Waals surface area contributed by atoms with Gasteiger partial charge in [0, 0.05) is 29.6 Å². The highest BCUT2D eigenvalue weighted by Gasteiger charge is 2.33. The Morgan fingerprint density at radius 2 is 1.64 bits per heavy atom. The summed E-state index contributed by atoms with van der Waals surface area (Å²) >= 11 is 12.5. The van der Waals surface area contributed by atoms with Crippen LogP contribution in [-0.4, -0.2) is 50.5 Å². The Morgan fingerprint density at radius 3 is 2.26 bits per heavy atom. The molecule has 0 heterocycles. The molecule has 1 atom stereocenters. The zero-order valence-electron chi connectivity index (χ0n) is 22.2. The summed E-state index contributed by atoms with van der Waals surface area (Å²) in [6.45, 7) is 3.63. The molecular weight excluding hydrogens is 557 g/mol. The second-order valence-corrected chi connectivity index (χ2v) is 12.1. The highest BCUT2D eigenvalue weighted by Crippen LogP contribution is 2.27. The van der Waals surface area contributed by atoms with E-state index in [2.05, 4.69) is 5.32 Å². The molecular formula is C29H33Cl2N3O4S. The number of amides is 2. The van der Waals surface area contributed by atoms with Gasteiger partial charge in [-0.1, -0.05) is 78.7 Å². The van der Waals surface area contributed by atoms with Crippen LogP contribution in [0.2, 0.25) is 10.0 Å². The van der Waals surface area contributed by atoms with E-state index in [1.807, 2.05) is 37.3 Å². The summed E-state index contributed by atoms with van der Waals surface area (Å²) in [7, 11) is -3.87. The van der Waals surface area contributed by atoms with E-state index in [1.165, 1.54) is 4.90 Å². The normalized spacial score (nSPS) is 12.0. The van der Waals surface area contributed by atoms with Gasteiger partial charge in [-0.05, 0) is 54.3 Å². The third-order valence-corrected chi connectivity index (χ3v) is 7.96. The number of halogens is 2. The number of aryl methyl sites for hydroxylation is 1. The second kappa shape index (κ2) is 13.8. The molecule has 0 aliphatic heterocycles. The van der Waals surface area contributed by atoms with Gasteiger partial charge in [0.05, 0.1) is 11.9 Å². The molecule has 0 aliphatic rings. The van der Waals surface area contributed by atoms with E-state index < -0.39 is 28.5 Å². The number of carbonyl (C=O) groups is 2. The van der Waals surface area contributed by atoms with Crippen molar-refractivity contribution < 1.29 is 18.0 Å².